The van der Waals surface area contributed by atoms with E-state index in [2.05, 4.69) is 39.6 Å². The van der Waals surface area contributed by atoms with Crippen LogP contribution in [0.3, 0.4) is 0 Å². The summed E-state index contributed by atoms with van der Waals surface area (Å²) >= 11 is 5.05. The van der Waals surface area contributed by atoms with Gasteiger partial charge in [0.25, 0.3) is 0 Å². The number of nitrogens with two attached hydrogens (primary N) is 1. The summed E-state index contributed by atoms with van der Waals surface area (Å²) in [6, 6.07) is 0. The Kier molecular flexibility index (Phi) is 6.37. The molecular weight excluding hydrogens is 204 g/mol. The number of thiocarbonyl (C=S) groups is 1. The lowest BCUT2D eigenvalue weighted by molar-refractivity contribution is 0.255. The molecule has 0 aliphatic carbocycles. The van der Waals surface area contributed by atoms with Crippen LogP contribution >= 0.6 is 12.2 Å². The standard InChI is InChI=1S/C12H26N2S/c1-6-10(2)9-14(5)8-7-12(3,4)11(13)15/h10H,6-9H2,1-5H3,(H2,13,15). The molecule has 0 bridgehead atoms. The van der Waals surface area contributed by atoms with Gasteiger partial charge < -0.3 is 10.6 Å². The number of hydrogen-bond donors (Lipinski definition) is 1. The largest absolute Gasteiger partial charge is 0.393 e. The molecule has 2 N–H and O–H groups in total. The predicted octanol–water partition coefficient (Wildman–Crippen LogP) is 2.67. The number of nitrogens with zero attached hydrogens (tertiary/aromatic N) is 1. The molecule has 0 fully saturated rings. The molecule has 15 heavy (non-hydrogen) atoms. The molecule has 1 atom stereocenters. The molecule has 0 aliphatic heterocycles. The zero-order valence-electron chi connectivity index (χ0n) is 10.8. The van der Waals surface area contributed by atoms with Crippen molar-refractivity contribution in [1.29, 1.82) is 0 Å². The molecule has 0 saturated carbocycles. The molecule has 0 radical (unpaired) electrons. The van der Waals surface area contributed by atoms with Gasteiger partial charge in [-0.2, -0.15) is 0 Å². The van der Waals surface area contributed by atoms with E-state index < -0.39 is 0 Å². The van der Waals surface area contributed by atoms with Crippen LogP contribution in [0.15, 0.2) is 0 Å². The van der Waals surface area contributed by atoms with E-state index in [0.717, 1.165) is 25.4 Å². The fraction of sp³-hybridized carbons (Fsp3) is 0.917. The third-order valence-corrected chi connectivity index (χ3v) is 3.66. The van der Waals surface area contributed by atoms with E-state index in [0.29, 0.717) is 4.99 Å². The molecule has 3 heteroatoms. The molecule has 0 rings (SSSR count). The number of hydrogen-bond acceptors (Lipinski definition) is 2. The third-order valence-electron chi connectivity index (χ3n) is 3.11. The highest BCUT2D eigenvalue weighted by atomic mass is 32.1. The maximum Gasteiger partial charge on any atom is 0.0784 e. The van der Waals surface area contributed by atoms with Crippen molar-refractivity contribution in [2.75, 3.05) is 20.1 Å². The summed E-state index contributed by atoms with van der Waals surface area (Å²) in [7, 11) is 2.17. The predicted molar refractivity (Wildman–Crippen MR) is 72.1 cm³/mol. The first-order valence-corrected chi connectivity index (χ1v) is 6.19. The van der Waals surface area contributed by atoms with Crippen molar-refractivity contribution in [2.24, 2.45) is 17.1 Å². The second-order valence-electron chi connectivity index (χ2n) is 5.27. The van der Waals surface area contributed by atoms with Crippen molar-refractivity contribution in [1.82, 2.24) is 4.90 Å². The summed E-state index contributed by atoms with van der Waals surface area (Å²) in [5.74, 6) is 0.767. The molecule has 0 aliphatic rings. The van der Waals surface area contributed by atoms with Crippen molar-refractivity contribution in [3.05, 3.63) is 0 Å². The van der Waals surface area contributed by atoms with Gasteiger partial charge in [0.2, 0.25) is 0 Å². The van der Waals surface area contributed by atoms with Gasteiger partial charge in [-0.05, 0) is 25.9 Å². The first-order chi connectivity index (χ1) is 6.79. The summed E-state index contributed by atoms with van der Waals surface area (Å²) in [5, 5.41) is 0. The Morgan fingerprint density at radius 3 is 2.40 bits per heavy atom. The minimum Gasteiger partial charge on any atom is -0.393 e. The Labute approximate surface area is 100 Å². The lowest BCUT2D eigenvalue weighted by atomic mass is 9.89. The van der Waals surface area contributed by atoms with Crippen LogP contribution in [0.25, 0.3) is 0 Å². The molecule has 1 unspecified atom stereocenters. The minimum absolute atomic E-state index is 0.0148. The molecule has 90 valence electrons. The Hall–Kier alpha value is -0.150. The second-order valence-corrected chi connectivity index (χ2v) is 5.71. The van der Waals surface area contributed by atoms with Crippen LogP contribution in [0, 0.1) is 11.3 Å². The summed E-state index contributed by atoms with van der Waals surface area (Å²) < 4.78 is 0. The van der Waals surface area contributed by atoms with E-state index in [9.17, 15) is 0 Å². The van der Waals surface area contributed by atoms with Gasteiger partial charge in [-0.3, -0.25) is 0 Å². The summed E-state index contributed by atoms with van der Waals surface area (Å²) in [5.41, 5.74) is 5.68. The molecule has 0 aromatic rings. The average molecular weight is 230 g/mol. The van der Waals surface area contributed by atoms with Crippen LogP contribution in [0.2, 0.25) is 0 Å². The SMILES string of the molecule is CCC(C)CN(C)CCC(C)(C)C(N)=S. The second kappa shape index (κ2) is 6.44. The van der Waals surface area contributed by atoms with Crippen molar-refractivity contribution in [2.45, 2.75) is 40.5 Å². The quantitative estimate of drug-likeness (QED) is 0.682. The first-order valence-electron chi connectivity index (χ1n) is 5.78. The topological polar surface area (TPSA) is 29.3 Å². The van der Waals surface area contributed by atoms with E-state index in [1.54, 1.807) is 0 Å². The first kappa shape index (κ1) is 14.8. The molecule has 0 aromatic carbocycles. The monoisotopic (exact) mass is 230 g/mol. The average Bonchev–Trinajstić information content (AvgIpc) is 2.14. The van der Waals surface area contributed by atoms with Crippen LogP contribution < -0.4 is 5.73 Å². The summed E-state index contributed by atoms with van der Waals surface area (Å²) in [4.78, 5) is 2.99. The zero-order valence-corrected chi connectivity index (χ0v) is 11.7. The summed E-state index contributed by atoms with van der Waals surface area (Å²) in [6.45, 7) is 11.0. The van der Waals surface area contributed by atoms with Crippen molar-refractivity contribution >= 4 is 17.2 Å². The fourth-order valence-corrected chi connectivity index (χ4v) is 1.45. The highest BCUT2D eigenvalue weighted by Gasteiger charge is 2.21. The molecule has 0 aromatic heterocycles. The van der Waals surface area contributed by atoms with Gasteiger partial charge >= 0.3 is 0 Å². The van der Waals surface area contributed by atoms with Crippen molar-refractivity contribution in [3.8, 4) is 0 Å². The van der Waals surface area contributed by atoms with E-state index in [1.165, 1.54) is 6.42 Å². The normalized spacial score (nSPS) is 14.3. The molecular formula is C12H26N2S. The van der Waals surface area contributed by atoms with Crippen LogP contribution in [0.4, 0.5) is 0 Å². The van der Waals surface area contributed by atoms with E-state index in [4.69, 9.17) is 18.0 Å². The Bertz CT molecular complexity index is 202. The maximum atomic E-state index is 5.70. The van der Waals surface area contributed by atoms with Gasteiger partial charge in [-0.15, -0.1) is 0 Å². The van der Waals surface area contributed by atoms with Gasteiger partial charge in [0.1, 0.15) is 0 Å². The highest BCUT2D eigenvalue weighted by Crippen LogP contribution is 2.20. The van der Waals surface area contributed by atoms with Gasteiger partial charge in [0, 0.05) is 12.0 Å². The molecule has 2 nitrogen and oxygen atoms in total. The lowest BCUT2D eigenvalue weighted by Gasteiger charge is -2.27. The highest BCUT2D eigenvalue weighted by molar-refractivity contribution is 7.80. The van der Waals surface area contributed by atoms with Crippen LogP contribution in [0.5, 0.6) is 0 Å². The van der Waals surface area contributed by atoms with E-state index >= 15 is 0 Å². The van der Waals surface area contributed by atoms with Gasteiger partial charge in [-0.25, -0.2) is 0 Å². The van der Waals surface area contributed by atoms with Crippen LogP contribution in [-0.4, -0.2) is 30.0 Å². The maximum absolute atomic E-state index is 5.70. The number of rotatable bonds is 7. The smallest absolute Gasteiger partial charge is 0.0784 e. The van der Waals surface area contributed by atoms with Gasteiger partial charge in [0.05, 0.1) is 4.99 Å². The van der Waals surface area contributed by atoms with E-state index in [-0.39, 0.29) is 5.41 Å². The summed E-state index contributed by atoms with van der Waals surface area (Å²) in [6.07, 6.45) is 2.28. The van der Waals surface area contributed by atoms with Crippen molar-refractivity contribution in [3.63, 3.8) is 0 Å². The lowest BCUT2D eigenvalue weighted by Crippen LogP contribution is -2.34. The molecule has 0 spiro atoms. The van der Waals surface area contributed by atoms with Crippen LogP contribution in [-0.2, 0) is 0 Å². The Morgan fingerprint density at radius 2 is 2.00 bits per heavy atom. The molecule has 0 saturated heterocycles. The fourth-order valence-electron chi connectivity index (χ4n) is 1.35. The minimum atomic E-state index is -0.0148. The van der Waals surface area contributed by atoms with E-state index in [1.807, 2.05) is 0 Å². The van der Waals surface area contributed by atoms with Gasteiger partial charge in [0.15, 0.2) is 0 Å². The Morgan fingerprint density at radius 1 is 1.47 bits per heavy atom. The zero-order chi connectivity index (χ0) is 12.1. The molecule has 0 heterocycles. The van der Waals surface area contributed by atoms with Crippen molar-refractivity contribution < 1.29 is 0 Å². The van der Waals surface area contributed by atoms with Crippen LogP contribution in [0.1, 0.15) is 40.5 Å². The third kappa shape index (κ3) is 6.10. The Balaban J connectivity index is 3.90. The van der Waals surface area contributed by atoms with Gasteiger partial charge in [-0.1, -0.05) is 46.3 Å². The molecule has 0 amide bonds.